The smallest absolute Gasteiger partial charge is 0.222 e. The van der Waals surface area contributed by atoms with Crippen molar-refractivity contribution in [2.24, 2.45) is 5.92 Å². The van der Waals surface area contributed by atoms with Gasteiger partial charge in [0.05, 0.1) is 6.10 Å². The molecule has 2 aromatic rings. The minimum Gasteiger partial charge on any atom is -0.491 e. The molecule has 0 spiro atoms. The molecule has 0 saturated carbocycles. The molecule has 0 N–H and O–H groups in total. The molecule has 1 saturated heterocycles. The molecular formula is C23H28N2O3. The number of hydrogen-bond acceptors (Lipinski definition) is 4. The number of ether oxygens (including phenoxy) is 1. The molecule has 1 fully saturated rings. The Balaban J connectivity index is 1.59. The van der Waals surface area contributed by atoms with Crippen LogP contribution in [0.25, 0.3) is 0 Å². The first-order valence-corrected chi connectivity index (χ1v) is 10.0. The van der Waals surface area contributed by atoms with Gasteiger partial charge < -0.3 is 9.64 Å². The van der Waals surface area contributed by atoms with Gasteiger partial charge in [0.25, 0.3) is 0 Å². The molecule has 3 rings (SSSR count). The third kappa shape index (κ3) is 5.41. The van der Waals surface area contributed by atoms with Gasteiger partial charge in [-0.2, -0.15) is 0 Å². The summed E-state index contributed by atoms with van der Waals surface area (Å²) in [6, 6.07) is 13.1. The summed E-state index contributed by atoms with van der Waals surface area (Å²) < 4.78 is 5.70. The van der Waals surface area contributed by atoms with Crippen LogP contribution < -0.4 is 4.74 Å². The zero-order chi connectivity index (χ0) is 19.9. The van der Waals surface area contributed by atoms with Crippen LogP contribution >= 0.6 is 0 Å². The summed E-state index contributed by atoms with van der Waals surface area (Å²) in [7, 11) is 0. The maximum absolute atomic E-state index is 13.0. The molecule has 1 amide bonds. The molecule has 5 nitrogen and oxygen atoms in total. The van der Waals surface area contributed by atoms with Crippen LogP contribution in [0.5, 0.6) is 5.75 Å². The molecule has 1 aromatic carbocycles. The molecular weight excluding hydrogens is 352 g/mol. The Morgan fingerprint density at radius 1 is 1.21 bits per heavy atom. The number of nitrogens with zero attached hydrogens (tertiary/aromatic N) is 2. The second kappa shape index (κ2) is 9.49. The van der Waals surface area contributed by atoms with Crippen LogP contribution in [0.3, 0.4) is 0 Å². The van der Waals surface area contributed by atoms with E-state index < -0.39 is 0 Å². The van der Waals surface area contributed by atoms with E-state index in [1.54, 1.807) is 6.20 Å². The lowest BCUT2D eigenvalue weighted by Crippen LogP contribution is -2.42. The van der Waals surface area contributed by atoms with Crippen LogP contribution in [-0.4, -0.2) is 40.8 Å². The van der Waals surface area contributed by atoms with Gasteiger partial charge in [-0.3, -0.25) is 14.6 Å². The van der Waals surface area contributed by atoms with Crippen LogP contribution in [0.1, 0.15) is 49.2 Å². The zero-order valence-corrected chi connectivity index (χ0v) is 16.6. The summed E-state index contributed by atoms with van der Waals surface area (Å²) in [5, 5.41) is 0. The van der Waals surface area contributed by atoms with Gasteiger partial charge in [0.2, 0.25) is 5.91 Å². The average molecular weight is 380 g/mol. The van der Waals surface area contributed by atoms with Gasteiger partial charge in [-0.25, -0.2) is 0 Å². The van der Waals surface area contributed by atoms with Crippen molar-refractivity contribution in [1.82, 2.24) is 9.88 Å². The standard InChI is InChI=1S/C23H28N2O3/c1-17(2)28-21-10-5-7-18(15-21)23(27)19-8-6-14-25(16-19)22(26)12-11-20-9-3-4-13-24-20/h3-5,7,9-10,13,15,17,19H,6,8,11-12,14,16H2,1-2H3. The van der Waals surface area contributed by atoms with Crippen molar-refractivity contribution in [3.05, 3.63) is 59.9 Å². The molecule has 28 heavy (non-hydrogen) atoms. The average Bonchev–Trinajstić information content (AvgIpc) is 2.72. The molecule has 5 heteroatoms. The van der Waals surface area contributed by atoms with Gasteiger partial charge in [0, 0.05) is 42.9 Å². The lowest BCUT2D eigenvalue weighted by atomic mass is 9.89. The second-order valence-electron chi connectivity index (χ2n) is 7.56. The van der Waals surface area contributed by atoms with Gasteiger partial charge in [-0.15, -0.1) is 0 Å². The summed E-state index contributed by atoms with van der Waals surface area (Å²) in [5.74, 6) is 0.748. The lowest BCUT2D eigenvalue weighted by Gasteiger charge is -2.32. The first-order chi connectivity index (χ1) is 13.5. The zero-order valence-electron chi connectivity index (χ0n) is 16.6. The number of amides is 1. The van der Waals surface area contributed by atoms with Crippen molar-refractivity contribution in [2.45, 2.75) is 45.6 Å². The number of Topliss-reactive ketones (excluding diaryl/α,β-unsaturated/α-hetero) is 1. The van der Waals surface area contributed by atoms with Crippen molar-refractivity contribution < 1.29 is 14.3 Å². The molecule has 1 aromatic heterocycles. The number of aryl methyl sites for hydroxylation is 1. The van der Waals surface area contributed by atoms with Crippen LogP contribution in [-0.2, 0) is 11.2 Å². The SMILES string of the molecule is CC(C)Oc1cccc(C(=O)C2CCCN(C(=O)CCc3ccccn3)C2)c1. The fourth-order valence-electron chi connectivity index (χ4n) is 3.59. The summed E-state index contributed by atoms with van der Waals surface area (Å²) in [4.78, 5) is 31.7. The molecule has 1 aliphatic heterocycles. The predicted octanol–water partition coefficient (Wildman–Crippen LogP) is 3.92. The predicted molar refractivity (Wildman–Crippen MR) is 108 cm³/mol. The molecule has 1 atom stereocenters. The van der Waals surface area contributed by atoms with Crippen molar-refractivity contribution >= 4 is 11.7 Å². The highest BCUT2D eigenvalue weighted by molar-refractivity contribution is 5.98. The van der Waals surface area contributed by atoms with E-state index in [1.165, 1.54) is 0 Å². The van der Waals surface area contributed by atoms with Gasteiger partial charge >= 0.3 is 0 Å². The van der Waals surface area contributed by atoms with E-state index in [1.807, 2.05) is 61.2 Å². The number of ketones is 1. The van der Waals surface area contributed by atoms with Crippen molar-refractivity contribution in [1.29, 1.82) is 0 Å². The van der Waals surface area contributed by atoms with Crippen LogP contribution in [0.15, 0.2) is 48.7 Å². The van der Waals surface area contributed by atoms with E-state index in [2.05, 4.69) is 4.98 Å². The number of rotatable bonds is 7. The summed E-state index contributed by atoms with van der Waals surface area (Å²) in [6.45, 7) is 5.14. The number of aromatic nitrogens is 1. The maximum Gasteiger partial charge on any atom is 0.222 e. The van der Waals surface area contributed by atoms with Gasteiger partial charge in [-0.05, 0) is 57.4 Å². The fourth-order valence-corrected chi connectivity index (χ4v) is 3.59. The Morgan fingerprint density at radius 3 is 2.82 bits per heavy atom. The van der Waals surface area contributed by atoms with E-state index >= 15 is 0 Å². The lowest BCUT2D eigenvalue weighted by molar-refractivity contribution is -0.132. The minimum atomic E-state index is -0.151. The number of pyridine rings is 1. The second-order valence-corrected chi connectivity index (χ2v) is 7.56. The Labute approximate surface area is 166 Å². The van der Waals surface area contributed by atoms with Crippen molar-refractivity contribution in [2.75, 3.05) is 13.1 Å². The van der Waals surface area contributed by atoms with Crippen LogP contribution in [0.4, 0.5) is 0 Å². The number of carbonyl (C=O) groups is 2. The Bertz CT molecular complexity index is 805. The Hall–Kier alpha value is -2.69. The normalized spacial score (nSPS) is 16.8. The monoisotopic (exact) mass is 380 g/mol. The van der Waals surface area contributed by atoms with E-state index in [0.717, 1.165) is 25.1 Å². The fraction of sp³-hybridized carbons (Fsp3) is 0.435. The number of benzene rings is 1. The number of likely N-dealkylation sites (tertiary alicyclic amines) is 1. The van der Waals surface area contributed by atoms with E-state index in [-0.39, 0.29) is 23.7 Å². The highest BCUT2D eigenvalue weighted by atomic mass is 16.5. The summed E-state index contributed by atoms with van der Waals surface area (Å²) in [6.07, 6.45) is 4.53. The highest BCUT2D eigenvalue weighted by Crippen LogP contribution is 2.24. The van der Waals surface area contributed by atoms with Crippen LogP contribution in [0.2, 0.25) is 0 Å². The van der Waals surface area contributed by atoms with E-state index in [0.29, 0.717) is 30.7 Å². The molecule has 0 bridgehead atoms. The molecule has 1 unspecified atom stereocenters. The van der Waals surface area contributed by atoms with Gasteiger partial charge in [0.15, 0.2) is 5.78 Å². The molecule has 1 aliphatic rings. The number of hydrogen-bond donors (Lipinski definition) is 0. The first kappa shape index (κ1) is 20.1. The minimum absolute atomic E-state index is 0.0623. The largest absolute Gasteiger partial charge is 0.491 e. The summed E-state index contributed by atoms with van der Waals surface area (Å²) >= 11 is 0. The number of piperidine rings is 1. The van der Waals surface area contributed by atoms with Gasteiger partial charge in [-0.1, -0.05) is 18.2 Å². The molecule has 0 radical (unpaired) electrons. The third-order valence-electron chi connectivity index (χ3n) is 4.96. The topological polar surface area (TPSA) is 59.5 Å². The van der Waals surface area contributed by atoms with Crippen molar-refractivity contribution in [3.63, 3.8) is 0 Å². The van der Waals surface area contributed by atoms with Gasteiger partial charge in [0.1, 0.15) is 5.75 Å². The Kier molecular flexibility index (Phi) is 6.80. The first-order valence-electron chi connectivity index (χ1n) is 10.0. The third-order valence-corrected chi connectivity index (χ3v) is 4.96. The van der Waals surface area contributed by atoms with E-state index in [4.69, 9.17) is 4.74 Å². The Morgan fingerprint density at radius 2 is 2.07 bits per heavy atom. The summed E-state index contributed by atoms with van der Waals surface area (Å²) in [5.41, 5.74) is 1.58. The van der Waals surface area contributed by atoms with Crippen molar-refractivity contribution in [3.8, 4) is 5.75 Å². The van der Waals surface area contributed by atoms with Crippen LogP contribution in [0, 0.1) is 5.92 Å². The van der Waals surface area contributed by atoms with E-state index in [9.17, 15) is 9.59 Å². The molecule has 0 aliphatic carbocycles. The quantitative estimate of drug-likeness (QED) is 0.683. The molecule has 2 heterocycles. The maximum atomic E-state index is 13.0. The molecule has 148 valence electrons. The highest BCUT2D eigenvalue weighted by Gasteiger charge is 2.29. The number of carbonyl (C=O) groups excluding carboxylic acids is 2.